The van der Waals surface area contributed by atoms with Crippen molar-refractivity contribution in [2.45, 2.75) is 39.2 Å². The van der Waals surface area contributed by atoms with Crippen LogP contribution in [0.25, 0.3) is 28.2 Å². The highest BCUT2D eigenvalue weighted by Gasteiger charge is 2.18. The zero-order valence-electron chi connectivity index (χ0n) is 20.6. The van der Waals surface area contributed by atoms with Gasteiger partial charge in [-0.2, -0.15) is 10.1 Å². The third-order valence-electron chi connectivity index (χ3n) is 5.95. The molecule has 0 aliphatic rings. The molecule has 1 amide bonds. The van der Waals surface area contributed by atoms with Gasteiger partial charge in [0.25, 0.3) is 5.91 Å². The topological polar surface area (TPSA) is 123 Å². The van der Waals surface area contributed by atoms with E-state index in [4.69, 9.17) is 4.52 Å². The Morgan fingerprint density at radius 3 is 2.72 bits per heavy atom. The monoisotopic (exact) mass is 485 g/mol. The highest BCUT2D eigenvalue weighted by molar-refractivity contribution is 6.04. The number of rotatable bonds is 7. The third-order valence-corrected chi connectivity index (χ3v) is 5.95. The van der Waals surface area contributed by atoms with Crippen LogP contribution >= 0.6 is 0 Å². The number of pyridine rings is 1. The maximum atomic E-state index is 13.2. The normalized spacial score (nSPS) is 11.8. The summed E-state index contributed by atoms with van der Waals surface area (Å²) in [5, 5.41) is 21.2. The van der Waals surface area contributed by atoms with Crippen LogP contribution in [-0.4, -0.2) is 45.9 Å². The fraction of sp³-hybridized carbons (Fsp3) is 0.269. The summed E-state index contributed by atoms with van der Waals surface area (Å²) in [6.07, 6.45) is 8.09. The number of nitrogens with zero attached hydrogens (tertiary/aromatic N) is 6. The maximum absolute atomic E-state index is 13.2. The predicted molar refractivity (Wildman–Crippen MR) is 134 cm³/mol. The third kappa shape index (κ3) is 4.89. The van der Waals surface area contributed by atoms with Crippen LogP contribution < -0.4 is 5.32 Å². The van der Waals surface area contributed by atoms with E-state index in [1.807, 2.05) is 56.7 Å². The van der Waals surface area contributed by atoms with E-state index in [-0.39, 0.29) is 5.91 Å². The fourth-order valence-corrected chi connectivity index (χ4v) is 3.87. The molecule has 5 rings (SSSR count). The second-order valence-corrected chi connectivity index (χ2v) is 9.50. The summed E-state index contributed by atoms with van der Waals surface area (Å²) < 4.78 is 8.83. The predicted octanol–water partition coefficient (Wildman–Crippen LogP) is 4.05. The smallest absolute Gasteiger partial charge is 0.274 e. The number of hydrogen-bond donors (Lipinski definition) is 2. The zero-order chi connectivity index (χ0) is 25.4. The Kier molecular flexibility index (Phi) is 5.89. The number of carbonyl (C=O) groups is 1. The van der Waals surface area contributed by atoms with Crippen molar-refractivity contribution in [3.63, 3.8) is 0 Å². The molecule has 0 saturated heterocycles. The molecular formula is C26H27N7O3. The van der Waals surface area contributed by atoms with Gasteiger partial charge in [0.05, 0.1) is 18.0 Å². The van der Waals surface area contributed by atoms with E-state index in [1.54, 1.807) is 35.3 Å². The van der Waals surface area contributed by atoms with Gasteiger partial charge in [-0.05, 0) is 56.5 Å². The number of amides is 1. The molecule has 0 aliphatic heterocycles. The first kappa shape index (κ1) is 23.4. The number of benzene rings is 1. The fourth-order valence-electron chi connectivity index (χ4n) is 3.87. The molecule has 184 valence electrons. The van der Waals surface area contributed by atoms with Gasteiger partial charge in [0.2, 0.25) is 11.7 Å². The zero-order valence-corrected chi connectivity index (χ0v) is 20.6. The Morgan fingerprint density at radius 2 is 1.97 bits per heavy atom. The first-order valence-corrected chi connectivity index (χ1v) is 11.6. The van der Waals surface area contributed by atoms with Crippen LogP contribution in [0.2, 0.25) is 0 Å². The Labute approximate surface area is 207 Å². The van der Waals surface area contributed by atoms with Crippen molar-refractivity contribution in [1.82, 2.24) is 29.3 Å². The molecule has 0 spiro atoms. The standard InChI is InChI=1S/C26H27N7O3/c1-16-5-6-18(24-30-23(36-31-24)7-9-26(2,3)35)11-20(16)29-25(34)21-14-27-22-12-17(8-10-33(21)22)19-13-28-32(4)15-19/h5-6,8,10-15,35H,7,9H2,1-4H3,(H,29,34). The summed E-state index contributed by atoms with van der Waals surface area (Å²) in [6, 6.07) is 9.45. The van der Waals surface area contributed by atoms with Crippen molar-refractivity contribution >= 4 is 17.2 Å². The van der Waals surface area contributed by atoms with Crippen molar-refractivity contribution in [1.29, 1.82) is 0 Å². The summed E-state index contributed by atoms with van der Waals surface area (Å²) in [6.45, 7) is 5.39. The van der Waals surface area contributed by atoms with Gasteiger partial charge >= 0.3 is 0 Å². The minimum absolute atomic E-state index is 0.282. The maximum Gasteiger partial charge on any atom is 0.274 e. The van der Waals surface area contributed by atoms with E-state index in [1.165, 1.54) is 0 Å². The lowest BCUT2D eigenvalue weighted by atomic mass is 10.0. The number of fused-ring (bicyclic) bond motifs is 1. The van der Waals surface area contributed by atoms with E-state index in [2.05, 4.69) is 25.5 Å². The Morgan fingerprint density at radius 1 is 1.14 bits per heavy atom. The van der Waals surface area contributed by atoms with Gasteiger partial charge in [-0.25, -0.2) is 4.98 Å². The van der Waals surface area contributed by atoms with Gasteiger partial charge in [0, 0.05) is 42.7 Å². The highest BCUT2D eigenvalue weighted by atomic mass is 16.5. The van der Waals surface area contributed by atoms with E-state index < -0.39 is 5.60 Å². The van der Waals surface area contributed by atoms with Crippen molar-refractivity contribution in [2.24, 2.45) is 7.05 Å². The largest absolute Gasteiger partial charge is 0.390 e. The quantitative estimate of drug-likeness (QED) is 0.356. The minimum Gasteiger partial charge on any atom is -0.390 e. The molecule has 0 unspecified atom stereocenters. The number of anilines is 1. The number of aromatic nitrogens is 6. The van der Waals surface area contributed by atoms with Gasteiger partial charge in [0.1, 0.15) is 11.3 Å². The lowest BCUT2D eigenvalue weighted by Crippen LogP contribution is -2.19. The van der Waals surface area contributed by atoms with Crippen LogP contribution in [0.4, 0.5) is 5.69 Å². The number of hydrogen-bond acceptors (Lipinski definition) is 7. The van der Waals surface area contributed by atoms with Crippen molar-refractivity contribution in [3.8, 4) is 22.5 Å². The van der Waals surface area contributed by atoms with E-state index in [9.17, 15) is 9.90 Å². The molecule has 0 aliphatic carbocycles. The molecule has 4 heterocycles. The first-order chi connectivity index (χ1) is 17.2. The Balaban J connectivity index is 1.36. The molecule has 0 radical (unpaired) electrons. The lowest BCUT2D eigenvalue weighted by Gasteiger charge is -2.14. The van der Waals surface area contributed by atoms with Crippen LogP contribution in [0.5, 0.6) is 0 Å². The van der Waals surface area contributed by atoms with E-state index >= 15 is 0 Å². The molecule has 0 fully saturated rings. The molecule has 10 nitrogen and oxygen atoms in total. The van der Waals surface area contributed by atoms with Crippen LogP contribution in [0.1, 0.15) is 42.2 Å². The Hall–Kier alpha value is -4.31. The molecular weight excluding hydrogens is 458 g/mol. The average molecular weight is 486 g/mol. The minimum atomic E-state index is -0.811. The van der Waals surface area contributed by atoms with E-state index in [0.29, 0.717) is 47.1 Å². The summed E-state index contributed by atoms with van der Waals surface area (Å²) in [5.74, 6) is 0.597. The molecule has 1 aromatic carbocycles. The van der Waals surface area contributed by atoms with E-state index in [0.717, 1.165) is 16.7 Å². The van der Waals surface area contributed by atoms with Crippen molar-refractivity contribution < 1.29 is 14.4 Å². The van der Waals surface area contributed by atoms with Gasteiger partial charge in [-0.15, -0.1) is 0 Å². The Bertz CT molecular complexity index is 1560. The summed E-state index contributed by atoms with van der Waals surface area (Å²) in [7, 11) is 1.87. The summed E-state index contributed by atoms with van der Waals surface area (Å²) in [5.41, 5.74) is 4.47. The first-order valence-electron chi connectivity index (χ1n) is 11.6. The average Bonchev–Trinajstić information content (AvgIpc) is 3.57. The van der Waals surface area contributed by atoms with Gasteiger partial charge in [0.15, 0.2) is 0 Å². The van der Waals surface area contributed by atoms with Crippen LogP contribution in [0.3, 0.4) is 0 Å². The molecule has 0 saturated carbocycles. The van der Waals surface area contributed by atoms with Gasteiger partial charge < -0.3 is 14.9 Å². The molecule has 0 atom stereocenters. The highest BCUT2D eigenvalue weighted by Crippen LogP contribution is 2.26. The molecule has 36 heavy (non-hydrogen) atoms. The number of aliphatic hydroxyl groups is 1. The van der Waals surface area contributed by atoms with Crippen molar-refractivity contribution in [3.05, 3.63) is 72.3 Å². The van der Waals surface area contributed by atoms with Crippen LogP contribution in [0.15, 0.2) is 59.6 Å². The van der Waals surface area contributed by atoms with Crippen LogP contribution in [-0.2, 0) is 13.5 Å². The van der Waals surface area contributed by atoms with Crippen molar-refractivity contribution in [2.75, 3.05) is 5.32 Å². The number of carbonyl (C=O) groups excluding carboxylic acids is 1. The molecule has 4 aromatic heterocycles. The lowest BCUT2D eigenvalue weighted by molar-refractivity contribution is 0.0689. The van der Waals surface area contributed by atoms with Gasteiger partial charge in [-0.1, -0.05) is 17.3 Å². The molecule has 5 aromatic rings. The molecule has 2 N–H and O–H groups in total. The van der Waals surface area contributed by atoms with Crippen LogP contribution in [0, 0.1) is 6.92 Å². The molecule has 10 heteroatoms. The molecule has 0 bridgehead atoms. The summed E-state index contributed by atoms with van der Waals surface area (Å²) in [4.78, 5) is 22.0. The van der Waals surface area contributed by atoms with Gasteiger partial charge in [-0.3, -0.25) is 13.9 Å². The summed E-state index contributed by atoms with van der Waals surface area (Å²) >= 11 is 0. The number of imidazole rings is 1. The second kappa shape index (κ2) is 9.04. The number of nitrogens with one attached hydrogen (secondary N) is 1. The number of aryl methyl sites for hydroxylation is 3. The SMILES string of the molecule is Cc1ccc(-c2noc(CCC(C)(C)O)n2)cc1NC(=O)c1cnc2cc(-c3cnn(C)c3)ccn12. The second-order valence-electron chi connectivity index (χ2n) is 9.50.